The largest absolute Gasteiger partial charge is 0.393 e. The normalized spacial score (nSPS) is 20.6. The van der Waals surface area contributed by atoms with E-state index in [1.165, 1.54) is 11.3 Å². The molecular weight excluding hydrogens is 291 g/mol. The summed E-state index contributed by atoms with van der Waals surface area (Å²) in [7, 11) is 0. The smallest absolute Gasteiger partial charge is 0.354 e. The molecule has 1 saturated heterocycles. The molecule has 0 radical (unpaired) electrons. The maximum atomic E-state index is 12.8. The Hall–Kier alpha value is -1.57. The van der Waals surface area contributed by atoms with Crippen LogP contribution in [0.25, 0.3) is 4.96 Å². The van der Waals surface area contributed by atoms with Crippen molar-refractivity contribution in [2.45, 2.75) is 19.0 Å². The number of thiazole rings is 1. The Labute approximate surface area is 116 Å². The van der Waals surface area contributed by atoms with Crippen LogP contribution in [0.3, 0.4) is 0 Å². The molecule has 3 rings (SSSR count). The summed E-state index contributed by atoms with van der Waals surface area (Å²) in [5.74, 6) is -0.990. The molecule has 1 fully saturated rings. The standard InChI is InChI=1S/C12H12F3N3OS/c13-12(14,15)8-2-1-3-17(6-8)10-9(7-19)18-4-5-20-11(18)16-10/h4-5,7-8H,1-3,6H2. The molecule has 0 bridgehead atoms. The van der Waals surface area contributed by atoms with Crippen LogP contribution >= 0.6 is 11.3 Å². The van der Waals surface area contributed by atoms with E-state index in [0.717, 1.165) is 0 Å². The highest BCUT2D eigenvalue weighted by Gasteiger charge is 2.42. The van der Waals surface area contributed by atoms with Gasteiger partial charge in [0.05, 0.1) is 5.92 Å². The zero-order valence-corrected chi connectivity index (χ0v) is 11.2. The minimum Gasteiger partial charge on any atom is -0.354 e. The van der Waals surface area contributed by atoms with Crippen molar-refractivity contribution in [1.82, 2.24) is 9.38 Å². The number of carbonyl (C=O) groups excluding carboxylic acids is 1. The zero-order valence-electron chi connectivity index (χ0n) is 10.4. The molecule has 108 valence electrons. The maximum Gasteiger partial charge on any atom is 0.393 e. The van der Waals surface area contributed by atoms with Gasteiger partial charge in [-0.2, -0.15) is 13.2 Å². The van der Waals surface area contributed by atoms with Gasteiger partial charge in [0.25, 0.3) is 0 Å². The Morgan fingerprint density at radius 1 is 1.45 bits per heavy atom. The second-order valence-electron chi connectivity index (χ2n) is 4.82. The monoisotopic (exact) mass is 303 g/mol. The van der Waals surface area contributed by atoms with Crippen LogP contribution in [0, 0.1) is 5.92 Å². The molecule has 1 aliphatic rings. The van der Waals surface area contributed by atoms with Crippen LogP contribution in [0.15, 0.2) is 11.6 Å². The summed E-state index contributed by atoms with van der Waals surface area (Å²) in [6.45, 7) is 0.368. The van der Waals surface area contributed by atoms with Gasteiger partial charge in [0, 0.05) is 24.7 Å². The topological polar surface area (TPSA) is 37.6 Å². The predicted molar refractivity (Wildman–Crippen MR) is 69.4 cm³/mol. The lowest BCUT2D eigenvalue weighted by Gasteiger charge is -2.34. The van der Waals surface area contributed by atoms with Crippen molar-refractivity contribution in [3.05, 3.63) is 17.3 Å². The van der Waals surface area contributed by atoms with E-state index in [1.807, 2.05) is 0 Å². The molecule has 1 aliphatic heterocycles. The molecule has 0 spiro atoms. The fraction of sp³-hybridized carbons (Fsp3) is 0.500. The number of piperidine rings is 1. The Kier molecular flexibility index (Phi) is 3.19. The third-order valence-electron chi connectivity index (χ3n) is 3.58. The van der Waals surface area contributed by atoms with Crippen molar-refractivity contribution < 1.29 is 18.0 Å². The highest BCUT2D eigenvalue weighted by atomic mass is 32.1. The molecule has 0 saturated carbocycles. The van der Waals surface area contributed by atoms with Gasteiger partial charge in [-0.3, -0.25) is 9.20 Å². The maximum absolute atomic E-state index is 12.8. The van der Waals surface area contributed by atoms with Crippen molar-refractivity contribution in [2.75, 3.05) is 18.0 Å². The van der Waals surface area contributed by atoms with Gasteiger partial charge in [0.2, 0.25) is 0 Å². The number of aldehydes is 1. The molecule has 3 heterocycles. The molecule has 8 heteroatoms. The SMILES string of the molecule is O=Cc1c(N2CCCC(C(F)(F)F)C2)nc2sccn12. The molecule has 0 aromatic carbocycles. The van der Waals surface area contributed by atoms with Gasteiger partial charge in [0.1, 0.15) is 5.69 Å². The molecule has 20 heavy (non-hydrogen) atoms. The molecule has 1 atom stereocenters. The first kappa shape index (κ1) is 13.4. The van der Waals surface area contributed by atoms with Crippen LogP contribution in [0.1, 0.15) is 23.3 Å². The Morgan fingerprint density at radius 3 is 2.95 bits per heavy atom. The number of hydrogen-bond donors (Lipinski definition) is 0. The number of anilines is 1. The number of aromatic nitrogens is 2. The number of alkyl halides is 3. The van der Waals surface area contributed by atoms with E-state index in [2.05, 4.69) is 4.98 Å². The number of rotatable bonds is 2. The van der Waals surface area contributed by atoms with Gasteiger partial charge in [-0.15, -0.1) is 11.3 Å². The molecule has 2 aromatic rings. The second-order valence-corrected chi connectivity index (χ2v) is 5.69. The summed E-state index contributed by atoms with van der Waals surface area (Å²) in [6, 6.07) is 0. The van der Waals surface area contributed by atoms with Gasteiger partial charge in [-0.25, -0.2) is 4.98 Å². The minimum atomic E-state index is -4.20. The van der Waals surface area contributed by atoms with E-state index < -0.39 is 12.1 Å². The Morgan fingerprint density at radius 2 is 2.25 bits per heavy atom. The third-order valence-corrected chi connectivity index (χ3v) is 4.33. The summed E-state index contributed by atoms with van der Waals surface area (Å²) < 4.78 is 40.1. The third kappa shape index (κ3) is 2.17. The highest BCUT2D eigenvalue weighted by molar-refractivity contribution is 7.15. The van der Waals surface area contributed by atoms with Gasteiger partial charge in [0.15, 0.2) is 17.1 Å². The summed E-state index contributed by atoms with van der Waals surface area (Å²) >= 11 is 1.35. The lowest BCUT2D eigenvalue weighted by molar-refractivity contribution is -0.176. The number of fused-ring (bicyclic) bond motifs is 1. The molecule has 2 aromatic heterocycles. The van der Waals surface area contributed by atoms with Crippen molar-refractivity contribution in [1.29, 1.82) is 0 Å². The quantitative estimate of drug-likeness (QED) is 0.800. The summed E-state index contributed by atoms with van der Waals surface area (Å²) in [6.07, 6.45) is -1.26. The highest BCUT2D eigenvalue weighted by Crippen LogP contribution is 2.35. The molecule has 0 amide bonds. The van der Waals surface area contributed by atoms with E-state index in [0.29, 0.717) is 35.7 Å². The van der Waals surface area contributed by atoms with Gasteiger partial charge >= 0.3 is 6.18 Å². The van der Waals surface area contributed by atoms with Crippen LogP contribution in [0.5, 0.6) is 0 Å². The Balaban J connectivity index is 1.94. The summed E-state index contributed by atoms with van der Waals surface area (Å²) in [4.78, 5) is 17.7. The number of carbonyl (C=O) groups is 1. The van der Waals surface area contributed by atoms with E-state index in [-0.39, 0.29) is 13.0 Å². The van der Waals surface area contributed by atoms with Crippen LogP contribution < -0.4 is 4.90 Å². The minimum absolute atomic E-state index is 0.130. The van der Waals surface area contributed by atoms with Gasteiger partial charge in [-0.1, -0.05) is 0 Å². The average Bonchev–Trinajstić information content (AvgIpc) is 2.97. The average molecular weight is 303 g/mol. The molecule has 0 aliphatic carbocycles. The van der Waals surface area contributed by atoms with E-state index >= 15 is 0 Å². The van der Waals surface area contributed by atoms with E-state index in [1.54, 1.807) is 20.9 Å². The fourth-order valence-electron chi connectivity index (χ4n) is 2.57. The van der Waals surface area contributed by atoms with Crippen molar-refractivity contribution in [3.63, 3.8) is 0 Å². The first-order chi connectivity index (χ1) is 9.50. The van der Waals surface area contributed by atoms with Crippen molar-refractivity contribution in [3.8, 4) is 0 Å². The number of halogens is 3. The lowest BCUT2D eigenvalue weighted by atomic mass is 9.97. The van der Waals surface area contributed by atoms with Crippen LogP contribution in [-0.2, 0) is 0 Å². The summed E-state index contributed by atoms with van der Waals surface area (Å²) in [5, 5.41) is 1.79. The number of imidazole rings is 1. The summed E-state index contributed by atoms with van der Waals surface area (Å²) in [5.41, 5.74) is 0.323. The first-order valence-corrected chi connectivity index (χ1v) is 7.11. The van der Waals surface area contributed by atoms with Crippen LogP contribution in [-0.4, -0.2) is 34.9 Å². The van der Waals surface area contributed by atoms with Gasteiger partial charge < -0.3 is 4.90 Å². The fourth-order valence-corrected chi connectivity index (χ4v) is 3.29. The molecule has 0 N–H and O–H groups in total. The molecule has 1 unspecified atom stereocenters. The van der Waals surface area contributed by atoms with Crippen molar-refractivity contribution in [2.24, 2.45) is 5.92 Å². The van der Waals surface area contributed by atoms with Crippen molar-refractivity contribution >= 4 is 28.4 Å². The molecule has 4 nitrogen and oxygen atoms in total. The Bertz CT molecular complexity index is 633. The zero-order chi connectivity index (χ0) is 14.3. The van der Waals surface area contributed by atoms with Crippen LogP contribution in [0.4, 0.5) is 19.0 Å². The van der Waals surface area contributed by atoms with Gasteiger partial charge in [-0.05, 0) is 12.8 Å². The van der Waals surface area contributed by atoms with Crippen LogP contribution in [0.2, 0.25) is 0 Å². The predicted octanol–water partition coefficient (Wildman–Crippen LogP) is 2.99. The van der Waals surface area contributed by atoms with E-state index in [4.69, 9.17) is 0 Å². The first-order valence-electron chi connectivity index (χ1n) is 6.23. The molecular formula is C12H12F3N3OS. The second kappa shape index (κ2) is 4.76. The lowest BCUT2D eigenvalue weighted by Crippen LogP contribution is -2.42. The number of hydrogen-bond acceptors (Lipinski definition) is 4. The van der Waals surface area contributed by atoms with E-state index in [9.17, 15) is 18.0 Å². The number of nitrogens with zero attached hydrogens (tertiary/aromatic N) is 3.